The molecule has 1 N–H and O–H groups in total. The van der Waals surface area contributed by atoms with Crippen molar-refractivity contribution in [2.45, 2.75) is 18.9 Å². The molecule has 2 aromatic rings. The molecule has 1 aliphatic rings. The number of pyridine rings is 1. The molecule has 0 bridgehead atoms. The normalized spacial score (nSPS) is 18.8. The number of H-pyrrole nitrogens is 1. The average Bonchev–Trinajstić information content (AvgIpc) is 2.92. The molecule has 3 heterocycles. The Kier molecular flexibility index (Phi) is 3.50. The maximum Gasteiger partial charge on any atom is 0.266 e. The summed E-state index contributed by atoms with van der Waals surface area (Å²) >= 11 is 2.06. The molecule has 0 aliphatic carbocycles. The Morgan fingerprint density at radius 3 is 2.95 bits per heavy atom. The summed E-state index contributed by atoms with van der Waals surface area (Å²) in [4.78, 5) is 24.9. The molecule has 0 radical (unpaired) electrons. The molecule has 1 atom stereocenters. The van der Waals surface area contributed by atoms with Crippen molar-refractivity contribution in [2.24, 2.45) is 0 Å². The molecule has 0 amide bonds. The van der Waals surface area contributed by atoms with E-state index in [0.717, 1.165) is 25.2 Å². The maximum atomic E-state index is 11.7. The third-order valence-electron chi connectivity index (χ3n) is 3.39. The van der Waals surface area contributed by atoms with Gasteiger partial charge in [0.15, 0.2) is 0 Å². The van der Waals surface area contributed by atoms with Crippen LogP contribution in [0.3, 0.4) is 0 Å². The lowest BCUT2D eigenvalue weighted by Crippen LogP contribution is -2.27. The van der Waals surface area contributed by atoms with E-state index >= 15 is 0 Å². The second-order valence-corrected chi connectivity index (χ2v) is 5.58. The first kappa shape index (κ1) is 12.6. The molecular formula is C13H13IN4O. The van der Waals surface area contributed by atoms with Crippen molar-refractivity contribution in [2.75, 3.05) is 11.4 Å². The number of nitrogens with zero attached hydrogens (tertiary/aromatic N) is 3. The number of hydrogen-bond acceptors (Lipinski definition) is 4. The van der Waals surface area contributed by atoms with E-state index in [0.29, 0.717) is 3.57 Å². The molecule has 0 aromatic carbocycles. The van der Waals surface area contributed by atoms with Gasteiger partial charge in [0.25, 0.3) is 5.56 Å². The Balaban J connectivity index is 2.00. The molecule has 1 unspecified atom stereocenters. The fraction of sp³-hybridized carbons (Fsp3) is 0.308. The van der Waals surface area contributed by atoms with Crippen LogP contribution in [0, 0.1) is 3.57 Å². The van der Waals surface area contributed by atoms with Gasteiger partial charge in [0, 0.05) is 18.9 Å². The highest BCUT2D eigenvalue weighted by atomic mass is 127. The summed E-state index contributed by atoms with van der Waals surface area (Å²) in [5.41, 5.74) is 1.15. The van der Waals surface area contributed by atoms with E-state index in [1.807, 2.05) is 24.5 Å². The Morgan fingerprint density at radius 2 is 2.16 bits per heavy atom. The van der Waals surface area contributed by atoms with Crippen LogP contribution in [0.4, 0.5) is 5.82 Å². The standard InChI is InChI=1S/C13H13IN4O/c14-11-12(16-8-17-13(11)19)18-7-1-2-10(18)9-3-5-15-6-4-9/h3-6,8,10H,1-2,7H2,(H,16,17,19). The van der Waals surface area contributed by atoms with E-state index in [9.17, 15) is 4.79 Å². The summed E-state index contributed by atoms with van der Waals surface area (Å²) in [6.07, 6.45) is 7.28. The average molecular weight is 368 g/mol. The predicted octanol–water partition coefficient (Wildman–Crippen LogP) is 2.11. The van der Waals surface area contributed by atoms with E-state index in [-0.39, 0.29) is 11.6 Å². The number of rotatable bonds is 2. The zero-order chi connectivity index (χ0) is 13.2. The summed E-state index contributed by atoms with van der Waals surface area (Å²) in [5.74, 6) is 0.781. The van der Waals surface area contributed by atoms with Crippen molar-refractivity contribution in [1.29, 1.82) is 0 Å². The van der Waals surface area contributed by atoms with E-state index in [2.05, 4.69) is 42.4 Å². The number of anilines is 1. The second-order valence-electron chi connectivity index (χ2n) is 4.50. The lowest BCUT2D eigenvalue weighted by atomic mass is 10.1. The summed E-state index contributed by atoms with van der Waals surface area (Å²) in [5, 5.41) is 0. The fourth-order valence-electron chi connectivity index (χ4n) is 2.53. The van der Waals surface area contributed by atoms with E-state index in [1.165, 1.54) is 11.9 Å². The molecule has 6 heteroatoms. The smallest absolute Gasteiger partial charge is 0.266 e. The Labute approximate surface area is 124 Å². The number of nitrogens with one attached hydrogen (secondary N) is 1. The van der Waals surface area contributed by atoms with Crippen LogP contribution in [0.15, 0.2) is 35.6 Å². The van der Waals surface area contributed by atoms with E-state index in [1.54, 1.807) is 0 Å². The topological polar surface area (TPSA) is 61.9 Å². The molecule has 1 aliphatic heterocycles. The van der Waals surface area contributed by atoms with Gasteiger partial charge in [-0.3, -0.25) is 9.78 Å². The van der Waals surface area contributed by atoms with Crippen molar-refractivity contribution in [3.8, 4) is 0 Å². The minimum atomic E-state index is -0.0778. The monoisotopic (exact) mass is 368 g/mol. The maximum absolute atomic E-state index is 11.7. The Bertz CT molecular complexity index is 628. The summed E-state index contributed by atoms with van der Waals surface area (Å²) in [6.45, 7) is 0.930. The van der Waals surface area contributed by atoms with Gasteiger partial charge in [-0.05, 0) is 53.1 Å². The van der Waals surface area contributed by atoms with Gasteiger partial charge in [-0.1, -0.05) is 0 Å². The largest absolute Gasteiger partial charge is 0.348 e. The van der Waals surface area contributed by atoms with Crippen LogP contribution < -0.4 is 10.5 Å². The van der Waals surface area contributed by atoms with Crippen molar-refractivity contribution in [3.05, 3.63) is 50.3 Å². The van der Waals surface area contributed by atoms with Crippen molar-refractivity contribution in [1.82, 2.24) is 15.0 Å². The third-order valence-corrected chi connectivity index (χ3v) is 4.37. The number of aromatic amines is 1. The number of hydrogen-bond donors (Lipinski definition) is 1. The summed E-state index contributed by atoms with van der Waals surface area (Å²) in [7, 11) is 0. The zero-order valence-corrected chi connectivity index (χ0v) is 12.4. The van der Waals surface area contributed by atoms with Crippen LogP contribution in [0.2, 0.25) is 0 Å². The highest BCUT2D eigenvalue weighted by Crippen LogP contribution is 2.35. The molecule has 0 saturated carbocycles. The molecule has 0 spiro atoms. The molecule has 1 saturated heterocycles. The minimum Gasteiger partial charge on any atom is -0.348 e. The first-order valence-corrected chi connectivity index (χ1v) is 7.25. The number of halogens is 1. The number of aromatic nitrogens is 3. The van der Waals surface area contributed by atoms with Gasteiger partial charge in [-0.2, -0.15) is 0 Å². The molecule has 2 aromatic heterocycles. The highest BCUT2D eigenvalue weighted by Gasteiger charge is 2.28. The van der Waals surface area contributed by atoms with Gasteiger partial charge in [-0.25, -0.2) is 4.98 Å². The first-order valence-electron chi connectivity index (χ1n) is 6.17. The fourth-order valence-corrected chi connectivity index (χ4v) is 3.13. The summed E-state index contributed by atoms with van der Waals surface area (Å²) < 4.78 is 0.654. The van der Waals surface area contributed by atoms with Gasteiger partial charge in [0.2, 0.25) is 0 Å². The third kappa shape index (κ3) is 2.36. The lowest BCUT2D eigenvalue weighted by Gasteiger charge is -2.26. The SMILES string of the molecule is O=c1[nH]cnc(N2CCCC2c2ccncc2)c1I. The quantitative estimate of drug-likeness (QED) is 0.825. The first-order chi connectivity index (χ1) is 9.27. The molecule has 98 valence electrons. The van der Waals surface area contributed by atoms with Crippen molar-refractivity contribution >= 4 is 28.4 Å². The van der Waals surface area contributed by atoms with Crippen LogP contribution in [-0.4, -0.2) is 21.5 Å². The minimum absolute atomic E-state index is 0.0778. The van der Waals surface area contributed by atoms with Crippen LogP contribution in [0.25, 0.3) is 0 Å². The zero-order valence-electron chi connectivity index (χ0n) is 10.2. The van der Waals surface area contributed by atoms with Crippen molar-refractivity contribution in [3.63, 3.8) is 0 Å². The molecule has 5 nitrogen and oxygen atoms in total. The molecular weight excluding hydrogens is 355 g/mol. The van der Waals surface area contributed by atoms with Gasteiger partial charge in [0.05, 0.1) is 12.4 Å². The predicted molar refractivity (Wildman–Crippen MR) is 81.1 cm³/mol. The highest BCUT2D eigenvalue weighted by molar-refractivity contribution is 14.1. The summed E-state index contributed by atoms with van der Waals surface area (Å²) in [6, 6.07) is 4.34. The van der Waals surface area contributed by atoms with Gasteiger partial charge in [0.1, 0.15) is 9.39 Å². The van der Waals surface area contributed by atoms with Gasteiger partial charge < -0.3 is 9.88 Å². The molecule has 3 rings (SSSR count). The lowest BCUT2D eigenvalue weighted by molar-refractivity contribution is 0.706. The van der Waals surface area contributed by atoms with E-state index < -0.39 is 0 Å². The van der Waals surface area contributed by atoms with Crippen LogP contribution >= 0.6 is 22.6 Å². The Hall–Kier alpha value is -1.44. The van der Waals surface area contributed by atoms with Crippen LogP contribution in [0.5, 0.6) is 0 Å². The van der Waals surface area contributed by atoms with Crippen molar-refractivity contribution < 1.29 is 0 Å². The molecule has 19 heavy (non-hydrogen) atoms. The van der Waals surface area contributed by atoms with E-state index in [4.69, 9.17) is 0 Å². The molecule has 1 fully saturated rings. The second kappa shape index (κ2) is 5.28. The van der Waals surface area contributed by atoms with Crippen LogP contribution in [0.1, 0.15) is 24.4 Å². The van der Waals surface area contributed by atoms with Gasteiger partial charge in [-0.15, -0.1) is 0 Å². The Morgan fingerprint density at radius 1 is 1.37 bits per heavy atom. The van der Waals surface area contributed by atoms with Crippen LogP contribution in [-0.2, 0) is 0 Å². The van der Waals surface area contributed by atoms with Gasteiger partial charge >= 0.3 is 0 Å².